The molecule has 1 aromatic carbocycles. The van der Waals surface area contributed by atoms with Crippen molar-refractivity contribution in [3.8, 4) is 11.5 Å². The number of halogens is 4. The molecule has 6 rings (SSSR count). The summed E-state index contributed by atoms with van der Waals surface area (Å²) in [6, 6.07) is 4.05. The number of rotatable bonds is 5. The lowest BCUT2D eigenvalue weighted by atomic mass is 9.97. The van der Waals surface area contributed by atoms with E-state index in [0.29, 0.717) is 28.9 Å². The molecule has 0 bridgehead atoms. The van der Waals surface area contributed by atoms with Crippen LogP contribution in [0.3, 0.4) is 0 Å². The fourth-order valence-electron chi connectivity index (χ4n) is 4.91. The SMILES string of the molecule is CN1CCC[C@@H]1c1ccc(Nc2nc3ncc(Oc4cnn5ccncc45)c(Cl)c3n2C)cc1C(F)(F)F. The zero-order chi connectivity index (χ0) is 26.6. The van der Waals surface area contributed by atoms with Crippen LogP contribution in [0.15, 0.2) is 49.2 Å². The van der Waals surface area contributed by atoms with Crippen LogP contribution in [0.25, 0.3) is 16.7 Å². The second-order valence-corrected chi connectivity index (χ2v) is 9.56. The number of aryl methyl sites for hydroxylation is 1. The van der Waals surface area contributed by atoms with E-state index < -0.39 is 11.7 Å². The minimum Gasteiger partial charge on any atom is -0.450 e. The zero-order valence-electron chi connectivity index (χ0n) is 20.4. The van der Waals surface area contributed by atoms with Gasteiger partial charge in [0.1, 0.15) is 16.1 Å². The standard InChI is InChI=1S/C25H22ClF3N8O/c1-35-8-3-4-17(35)15-6-5-14(10-16(15)25(27,28)29)33-24-34-23-22(36(24)2)21(26)20(12-31-23)38-19-13-32-37-9-7-30-11-18(19)37/h5-7,9-13,17H,3-4,8H2,1-2H3,(H,31,33,34)/t17-/m1/s1. The molecular weight excluding hydrogens is 521 g/mol. The Morgan fingerprint density at radius 3 is 2.74 bits per heavy atom. The van der Waals surface area contributed by atoms with Crippen LogP contribution in [-0.4, -0.2) is 47.6 Å². The Balaban J connectivity index is 1.33. The van der Waals surface area contributed by atoms with Gasteiger partial charge in [0.15, 0.2) is 17.1 Å². The number of anilines is 2. The summed E-state index contributed by atoms with van der Waals surface area (Å²) in [5.41, 5.74) is 1.29. The lowest BCUT2D eigenvalue weighted by Gasteiger charge is -2.24. The van der Waals surface area contributed by atoms with E-state index >= 15 is 0 Å². The van der Waals surface area contributed by atoms with Crippen molar-refractivity contribution in [2.24, 2.45) is 7.05 Å². The van der Waals surface area contributed by atoms with Gasteiger partial charge in [0.05, 0.1) is 24.2 Å². The van der Waals surface area contributed by atoms with Gasteiger partial charge in [-0.2, -0.15) is 23.3 Å². The highest BCUT2D eigenvalue weighted by Crippen LogP contribution is 2.42. The monoisotopic (exact) mass is 542 g/mol. The van der Waals surface area contributed by atoms with Gasteiger partial charge in [0.25, 0.3) is 0 Å². The first kappa shape index (κ1) is 24.4. The van der Waals surface area contributed by atoms with Crippen LogP contribution in [0.2, 0.25) is 5.02 Å². The number of fused-ring (bicyclic) bond motifs is 2. The summed E-state index contributed by atoms with van der Waals surface area (Å²) >= 11 is 6.67. The summed E-state index contributed by atoms with van der Waals surface area (Å²) in [6.07, 6.45) is 4.95. The fourth-order valence-corrected chi connectivity index (χ4v) is 5.21. The topological polar surface area (TPSA) is 85.4 Å². The van der Waals surface area contributed by atoms with Crippen molar-refractivity contribution >= 4 is 39.9 Å². The summed E-state index contributed by atoms with van der Waals surface area (Å²) < 4.78 is 51.3. The number of hydrogen-bond donors (Lipinski definition) is 1. The number of nitrogens with zero attached hydrogens (tertiary/aromatic N) is 7. The summed E-state index contributed by atoms with van der Waals surface area (Å²) in [4.78, 5) is 14.8. The maximum atomic E-state index is 14.0. The van der Waals surface area contributed by atoms with E-state index in [1.54, 1.807) is 53.1 Å². The van der Waals surface area contributed by atoms with E-state index in [-0.39, 0.29) is 34.0 Å². The summed E-state index contributed by atoms with van der Waals surface area (Å²) in [5, 5.41) is 7.46. The Kier molecular flexibility index (Phi) is 5.88. The zero-order valence-corrected chi connectivity index (χ0v) is 21.1. The molecule has 1 atom stereocenters. The molecule has 0 unspecified atom stereocenters. The molecule has 0 saturated carbocycles. The fraction of sp³-hybridized carbons (Fsp3) is 0.280. The molecule has 0 spiro atoms. The molecule has 13 heteroatoms. The van der Waals surface area contributed by atoms with E-state index in [9.17, 15) is 13.2 Å². The number of hydrogen-bond acceptors (Lipinski definition) is 7. The average Bonchev–Trinajstić information content (AvgIpc) is 3.58. The molecule has 5 aromatic rings. The van der Waals surface area contributed by atoms with Crippen LogP contribution in [-0.2, 0) is 13.2 Å². The van der Waals surface area contributed by atoms with Gasteiger partial charge in [0.2, 0.25) is 5.95 Å². The molecule has 0 amide bonds. The van der Waals surface area contributed by atoms with Gasteiger partial charge >= 0.3 is 6.18 Å². The predicted molar refractivity (Wildman–Crippen MR) is 136 cm³/mol. The van der Waals surface area contributed by atoms with Gasteiger partial charge < -0.3 is 14.6 Å². The van der Waals surface area contributed by atoms with Crippen LogP contribution >= 0.6 is 11.6 Å². The molecule has 1 fully saturated rings. The Hall–Kier alpha value is -3.90. The molecule has 1 aliphatic rings. The highest BCUT2D eigenvalue weighted by Gasteiger charge is 2.37. The highest BCUT2D eigenvalue weighted by atomic mass is 35.5. The molecule has 1 N–H and O–H groups in total. The normalized spacial score (nSPS) is 16.5. The van der Waals surface area contributed by atoms with E-state index in [4.69, 9.17) is 16.3 Å². The van der Waals surface area contributed by atoms with Crippen LogP contribution in [0.4, 0.5) is 24.8 Å². The van der Waals surface area contributed by atoms with Crippen molar-refractivity contribution in [3.05, 3.63) is 65.3 Å². The Bertz CT molecular complexity index is 1660. The molecule has 5 heterocycles. The van der Waals surface area contributed by atoms with Gasteiger partial charge in [0, 0.05) is 31.2 Å². The molecule has 1 saturated heterocycles. The number of imidazole rings is 1. The van der Waals surface area contributed by atoms with Crippen molar-refractivity contribution in [2.75, 3.05) is 18.9 Å². The molecule has 0 aliphatic carbocycles. The van der Waals surface area contributed by atoms with Crippen LogP contribution < -0.4 is 10.1 Å². The molecule has 38 heavy (non-hydrogen) atoms. The van der Waals surface area contributed by atoms with E-state index in [0.717, 1.165) is 19.0 Å². The Morgan fingerprint density at radius 1 is 1.13 bits per heavy atom. The van der Waals surface area contributed by atoms with Gasteiger partial charge in [-0.25, -0.2) is 9.50 Å². The lowest BCUT2D eigenvalue weighted by molar-refractivity contribution is -0.138. The van der Waals surface area contributed by atoms with Crippen molar-refractivity contribution < 1.29 is 17.9 Å². The molecule has 4 aromatic heterocycles. The largest absolute Gasteiger partial charge is 0.450 e. The van der Waals surface area contributed by atoms with Crippen molar-refractivity contribution in [2.45, 2.75) is 25.1 Å². The second kappa shape index (κ2) is 9.14. The Labute approximate surface area is 219 Å². The summed E-state index contributed by atoms with van der Waals surface area (Å²) in [5.74, 6) is 0.997. The lowest BCUT2D eigenvalue weighted by Crippen LogP contribution is -2.21. The maximum Gasteiger partial charge on any atom is 0.416 e. The predicted octanol–water partition coefficient (Wildman–Crippen LogP) is 5.99. The Morgan fingerprint density at radius 2 is 1.97 bits per heavy atom. The average molecular weight is 543 g/mol. The number of ether oxygens (including phenoxy) is 1. The minimum atomic E-state index is -4.49. The van der Waals surface area contributed by atoms with E-state index in [2.05, 4.69) is 25.4 Å². The van der Waals surface area contributed by atoms with Crippen LogP contribution in [0.5, 0.6) is 11.5 Å². The van der Waals surface area contributed by atoms with Gasteiger partial charge in [-0.3, -0.25) is 9.88 Å². The smallest absolute Gasteiger partial charge is 0.416 e. The second-order valence-electron chi connectivity index (χ2n) is 9.18. The van der Waals surface area contributed by atoms with E-state index in [1.165, 1.54) is 6.20 Å². The van der Waals surface area contributed by atoms with Crippen molar-refractivity contribution in [3.63, 3.8) is 0 Å². The van der Waals surface area contributed by atoms with Gasteiger partial charge in [-0.1, -0.05) is 17.7 Å². The molecule has 9 nitrogen and oxygen atoms in total. The number of nitrogens with one attached hydrogen (secondary N) is 1. The third-order valence-electron chi connectivity index (χ3n) is 6.81. The minimum absolute atomic E-state index is 0.247. The molecule has 0 radical (unpaired) electrons. The number of benzene rings is 1. The van der Waals surface area contributed by atoms with Crippen molar-refractivity contribution in [1.29, 1.82) is 0 Å². The number of aromatic nitrogens is 6. The summed E-state index contributed by atoms with van der Waals surface area (Å²) in [6.45, 7) is 0.773. The van der Waals surface area contributed by atoms with E-state index in [1.807, 2.05) is 11.9 Å². The van der Waals surface area contributed by atoms with Gasteiger partial charge in [-0.15, -0.1) is 0 Å². The molecular formula is C25H22ClF3N8O. The maximum absolute atomic E-state index is 14.0. The third kappa shape index (κ3) is 4.19. The van der Waals surface area contributed by atoms with Crippen LogP contribution in [0, 0.1) is 0 Å². The van der Waals surface area contributed by atoms with Gasteiger partial charge in [-0.05, 0) is 44.1 Å². The summed E-state index contributed by atoms with van der Waals surface area (Å²) in [7, 11) is 3.55. The molecule has 1 aliphatic heterocycles. The first-order valence-electron chi connectivity index (χ1n) is 11.8. The van der Waals surface area contributed by atoms with Crippen molar-refractivity contribution in [1.82, 2.24) is 34.0 Å². The third-order valence-corrected chi connectivity index (χ3v) is 7.17. The number of pyridine rings is 1. The van der Waals surface area contributed by atoms with Crippen LogP contribution in [0.1, 0.15) is 30.0 Å². The quantitative estimate of drug-likeness (QED) is 0.292. The first-order valence-corrected chi connectivity index (χ1v) is 12.2. The highest BCUT2D eigenvalue weighted by molar-refractivity contribution is 6.36. The molecule has 196 valence electrons. The number of likely N-dealkylation sites (tertiary alicyclic amines) is 1. The first-order chi connectivity index (χ1) is 18.2. The number of alkyl halides is 3.